The summed E-state index contributed by atoms with van der Waals surface area (Å²) >= 11 is 0. The molecule has 0 amide bonds. The van der Waals surface area contributed by atoms with Gasteiger partial charge in [-0.05, 0) is 12.1 Å². The molecule has 2 heterocycles. The van der Waals surface area contributed by atoms with E-state index in [0.717, 1.165) is 33.0 Å². The van der Waals surface area contributed by atoms with Crippen LogP contribution in [0.25, 0.3) is 21.9 Å². The first-order valence-corrected chi connectivity index (χ1v) is 6.82. The number of furan rings is 1. The van der Waals surface area contributed by atoms with E-state index in [-0.39, 0.29) is 0 Å². The van der Waals surface area contributed by atoms with Gasteiger partial charge in [-0.1, -0.05) is 42.5 Å². The van der Waals surface area contributed by atoms with Crippen LogP contribution in [-0.2, 0) is 0 Å². The fraction of sp³-hybridized carbons (Fsp3) is 0.0556. The van der Waals surface area contributed by atoms with E-state index >= 15 is 0 Å². The molecule has 21 heavy (non-hydrogen) atoms. The van der Waals surface area contributed by atoms with Gasteiger partial charge in [-0.3, -0.25) is 4.98 Å². The van der Waals surface area contributed by atoms with Crippen LogP contribution in [0.15, 0.2) is 71.5 Å². The number of hydrogen-bond acceptors (Lipinski definition) is 3. The molecule has 102 valence electrons. The molecular weight excluding hydrogens is 262 g/mol. The van der Waals surface area contributed by atoms with Gasteiger partial charge in [-0.25, -0.2) is 0 Å². The molecule has 4 rings (SSSR count). The van der Waals surface area contributed by atoms with Gasteiger partial charge < -0.3 is 9.52 Å². The molecule has 0 saturated carbocycles. The van der Waals surface area contributed by atoms with E-state index in [9.17, 15) is 5.11 Å². The van der Waals surface area contributed by atoms with Crippen LogP contribution in [0, 0.1) is 0 Å². The maximum Gasteiger partial charge on any atom is 0.134 e. The van der Waals surface area contributed by atoms with Crippen LogP contribution >= 0.6 is 0 Å². The van der Waals surface area contributed by atoms with Gasteiger partial charge in [0.15, 0.2) is 0 Å². The smallest absolute Gasteiger partial charge is 0.134 e. The molecule has 0 aliphatic carbocycles. The van der Waals surface area contributed by atoms with Crippen molar-refractivity contribution < 1.29 is 9.52 Å². The molecule has 0 radical (unpaired) electrons. The number of nitrogens with zero attached hydrogens (tertiary/aromatic N) is 1. The lowest BCUT2D eigenvalue weighted by Crippen LogP contribution is -2.00. The molecule has 0 aliphatic rings. The third kappa shape index (κ3) is 1.90. The summed E-state index contributed by atoms with van der Waals surface area (Å²) in [6.07, 6.45) is 2.61. The van der Waals surface area contributed by atoms with E-state index in [1.54, 1.807) is 12.5 Å². The minimum atomic E-state index is -0.757. The third-order valence-electron chi connectivity index (χ3n) is 3.76. The summed E-state index contributed by atoms with van der Waals surface area (Å²) in [5, 5.41) is 12.7. The van der Waals surface area contributed by atoms with Crippen LogP contribution in [0.3, 0.4) is 0 Å². The van der Waals surface area contributed by atoms with Crippen molar-refractivity contribution in [3.05, 3.63) is 78.2 Å². The summed E-state index contributed by atoms with van der Waals surface area (Å²) in [5.41, 5.74) is 3.15. The van der Waals surface area contributed by atoms with Gasteiger partial charge >= 0.3 is 0 Å². The maximum absolute atomic E-state index is 10.8. The highest BCUT2D eigenvalue weighted by atomic mass is 16.3. The molecule has 1 N–H and O–H groups in total. The SMILES string of the molecule is OC(c1coc2ccccc12)c1cccc2cccnc12. The summed E-state index contributed by atoms with van der Waals surface area (Å²) in [6.45, 7) is 0. The number of hydrogen-bond donors (Lipinski definition) is 1. The van der Waals surface area contributed by atoms with E-state index in [0.29, 0.717) is 0 Å². The van der Waals surface area contributed by atoms with Gasteiger partial charge in [0.1, 0.15) is 11.7 Å². The predicted molar refractivity (Wildman–Crippen MR) is 82.0 cm³/mol. The van der Waals surface area contributed by atoms with Crippen molar-refractivity contribution in [2.24, 2.45) is 0 Å². The topological polar surface area (TPSA) is 46.3 Å². The average molecular weight is 275 g/mol. The Balaban J connectivity index is 1.92. The van der Waals surface area contributed by atoms with Crippen molar-refractivity contribution in [1.29, 1.82) is 0 Å². The molecule has 1 atom stereocenters. The number of para-hydroxylation sites is 2. The van der Waals surface area contributed by atoms with Gasteiger partial charge in [0, 0.05) is 28.1 Å². The summed E-state index contributed by atoms with van der Waals surface area (Å²) in [7, 11) is 0. The quantitative estimate of drug-likeness (QED) is 0.600. The number of rotatable bonds is 2. The van der Waals surface area contributed by atoms with Crippen molar-refractivity contribution in [2.45, 2.75) is 6.10 Å². The molecule has 0 saturated heterocycles. The zero-order valence-corrected chi connectivity index (χ0v) is 11.2. The second-order valence-corrected chi connectivity index (χ2v) is 5.01. The highest BCUT2D eigenvalue weighted by Gasteiger charge is 2.18. The molecule has 0 aliphatic heterocycles. The van der Waals surface area contributed by atoms with Crippen LogP contribution in [-0.4, -0.2) is 10.1 Å². The standard InChI is InChI=1S/C18H13NO2/c20-18(15-11-21-16-9-2-1-7-13(15)16)14-8-3-5-12-6-4-10-19-17(12)14/h1-11,18,20H. The monoisotopic (exact) mass is 275 g/mol. The van der Waals surface area contributed by atoms with E-state index in [1.807, 2.05) is 54.6 Å². The lowest BCUT2D eigenvalue weighted by molar-refractivity contribution is 0.222. The van der Waals surface area contributed by atoms with Crippen LogP contribution < -0.4 is 0 Å². The zero-order chi connectivity index (χ0) is 14.2. The van der Waals surface area contributed by atoms with Gasteiger partial charge in [0.2, 0.25) is 0 Å². The molecule has 1 unspecified atom stereocenters. The molecular formula is C18H13NO2. The van der Waals surface area contributed by atoms with Crippen molar-refractivity contribution in [3.8, 4) is 0 Å². The van der Waals surface area contributed by atoms with E-state index in [4.69, 9.17) is 4.42 Å². The lowest BCUT2D eigenvalue weighted by atomic mass is 9.98. The molecule has 2 aromatic heterocycles. The molecule has 4 aromatic rings. The highest BCUT2D eigenvalue weighted by Crippen LogP contribution is 2.33. The fourth-order valence-corrected chi connectivity index (χ4v) is 2.73. The molecule has 0 bridgehead atoms. The number of benzene rings is 2. The third-order valence-corrected chi connectivity index (χ3v) is 3.76. The maximum atomic E-state index is 10.8. The van der Waals surface area contributed by atoms with Gasteiger partial charge in [0.25, 0.3) is 0 Å². The van der Waals surface area contributed by atoms with Crippen LogP contribution in [0.5, 0.6) is 0 Å². The van der Waals surface area contributed by atoms with Crippen molar-refractivity contribution in [3.63, 3.8) is 0 Å². The molecule has 0 spiro atoms. The molecule has 3 heteroatoms. The summed E-state index contributed by atoms with van der Waals surface area (Å²) in [5.74, 6) is 0. The Labute approximate surface area is 121 Å². The minimum absolute atomic E-state index is 0.757. The number of aliphatic hydroxyl groups is 1. The van der Waals surface area contributed by atoms with Gasteiger partial charge in [0.05, 0.1) is 11.8 Å². The van der Waals surface area contributed by atoms with Crippen LogP contribution in [0.4, 0.5) is 0 Å². The Morgan fingerprint density at radius 3 is 2.71 bits per heavy atom. The predicted octanol–water partition coefficient (Wildman–Crippen LogP) is 4.06. The van der Waals surface area contributed by atoms with Crippen LogP contribution in [0.1, 0.15) is 17.2 Å². The minimum Gasteiger partial charge on any atom is -0.464 e. The number of fused-ring (bicyclic) bond motifs is 2. The van der Waals surface area contributed by atoms with E-state index in [2.05, 4.69) is 4.98 Å². The fourth-order valence-electron chi connectivity index (χ4n) is 2.73. The Morgan fingerprint density at radius 2 is 1.76 bits per heavy atom. The highest BCUT2D eigenvalue weighted by molar-refractivity contribution is 5.85. The molecule has 2 aromatic carbocycles. The molecule has 0 fully saturated rings. The molecule has 3 nitrogen and oxygen atoms in total. The van der Waals surface area contributed by atoms with Crippen molar-refractivity contribution in [1.82, 2.24) is 4.98 Å². The first-order valence-electron chi connectivity index (χ1n) is 6.82. The normalized spacial score (nSPS) is 12.8. The first kappa shape index (κ1) is 12.1. The Bertz CT molecular complexity index is 921. The van der Waals surface area contributed by atoms with Gasteiger partial charge in [-0.2, -0.15) is 0 Å². The number of pyridine rings is 1. The van der Waals surface area contributed by atoms with Gasteiger partial charge in [-0.15, -0.1) is 0 Å². The Morgan fingerprint density at radius 1 is 0.905 bits per heavy atom. The van der Waals surface area contributed by atoms with Crippen molar-refractivity contribution in [2.75, 3.05) is 0 Å². The first-order chi connectivity index (χ1) is 10.3. The summed E-state index contributed by atoms with van der Waals surface area (Å²) < 4.78 is 5.52. The summed E-state index contributed by atoms with van der Waals surface area (Å²) in [4.78, 5) is 4.40. The van der Waals surface area contributed by atoms with Crippen LogP contribution in [0.2, 0.25) is 0 Å². The Kier molecular flexibility index (Phi) is 2.72. The number of aliphatic hydroxyl groups excluding tert-OH is 1. The summed E-state index contributed by atoms with van der Waals surface area (Å²) in [6, 6.07) is 17.4. The average Bonchev–Trinajstić information content (AvgIpc) is 2.98. The lowest BCUT2D eigenvalue weighted by Gasteiger charge is -2.12. The number of aromatic nitrogens is 1. The zero-order valence-electron chi connectivity index (χ0n) is 11.2. The largest absolute Gasteiger partial charge is 0.464 e. The second kappa shape index (κ2) is 4.72. The Hall–Kier alpha value is -2.65. The van der Waals surface area contributed by atoms with E-state index < -0.39 is 6.10 Å². The van der Waals surface area contributed by atoms with E-state index in [1.165, 1.54) is 0 Å². The van der Waals surface area contributed by atoms with Crippen molar-refractivity contribution >= 4 is 21.9 Å². The second-order valence-electron chi connectivity index (χ2n) is 5.01.